The molecule has 0 aromatic heterocycles. The van der Waals surface area contributed by atoms with Crippen LogP contribution < -0.4 is 15.4 Å². The maximum Gasteiger partial charge on any atom is 0.259 e. The minimum Gasteiger partial charge on any atom is -0.491 e. The number of hydrogen-bond donors (Lipinski definition) is 2. The van der Waals surface area contributed by atoms with E-state index in [9.17, 15) is 14.0 Å². The summed E-state index contributed by atoms with van der Waals surface area (Å²) in [4.78, 5) is 27.3. The average molecular weight is 421 g/mol. The van der Waals surface area contributed by atoms with Crippen LogP contribution in [0.4, 0.5) is 15.8 Å². The van der Waals surface area contributed by atoms with Gasteiger partial charge in [0.2, 0.25) is 0 Å². The van der Waals surface area contributed by atoms with Crippen LogP contribution in [-0.4, -0.2) is 44.0 Å². The molecule has 0 radical (unpaired) electrons. The molecule has 0 heterocycles. The molecule has 6 nitrogen and oxygen atoms in total. The molecule has 0 aliphatic rings. The van der Waals surface area contributed by atoms with E-state index in [1.54, 1.807) is 54.6 Å². The molecule has 3 aromatic rings. The number of carbonyl (C=O) groups excluding carboxylic acids is 2. The van der Waals surface area contributed by atoms with Gasteiger partial charge in [-0.2, -0.15) is 0 Å². The molecule has 3 rings (SSSR count). The van der Waals surface area contributed by atoms with Crippen molar-refractivity contribution >= 4 is 23.2 Å². The summed E-state index contributed by atoms with van der Waals surface area (Å²) in [5, 5.41) is 5.43. The summed E-state index contributed by atoms with van der Waals surface area (Å²) >= 11 is 0. The molecule has 2 N–H and O–H groups in total. The second kappa shape index (κ2) is 10.4. The maximum atomic E-state index is 13.3. The molecule has 0 aliphatic heterocycles. The van der Waals surface area contributed by atoms with E-state index < -0.39 is 11.7 Å². The Hall–Kier alpha value is -3.71. The lowest BCUT2D eigenvalue weighted by molar-refractivity contribution is 0.101. The van der Waals surface area contributed by atoms with Crippen LogP contribution >= 0.6 is 0 Å². The summed E-state index contributed by atoms with van der Waals surface area (Å²) in [6.07, 6.45) is 0. The minimum atomic E-state index is -0.440. The molecule has 3 aromatic carbocycles. The predicted molar refractivity (Wildman–Crippen MR) is 119 cm³/mol. The summed E-state index contributed by atoms with van der Waals surface area (Å²) in [5.41, 5.74) is 1.54. The fourth-order valence-corrected chi connectivity index (χ4v) is 2.82. The predicted octanol–water partition coefficient (Wildman–Crippen LogP) is 4.27. The first-order chi connectivity index (χ1) is 14.9. The van der Waals surface area contributed by atoms with Crippen molar-refractivity contribution < 1.29 is 18.7 Å². The smallest absolute Gasteiger partial charge is 0.259 e. The first kappa shape index (κ1) is 22.0. The number of nitrogens with one attached hydrogen (secondary N) is 2. The van der Waals surface area contributed by atoms with Crippen LogP contribution in [0.3, 0.4) is 0 Å². The number of benzene rings is 3. The highest BCUT2D eigenvalue weighted by Gasteiger charge is 2.14. The van der Waals surface area contributed by atoms with Crippen molar-refractivity contribution in [2.75, 3.05) is 37.9 Å². The van der Waals surface area contributed by atoms with Crippen molar-refractivity contribution in [3.8, 4) is 5.75 Å². The highest BCUT2D eigenvalue weighted by molar-refractivity contribution is 6.08. The lowest BCUT2D eigenvalue weighted by Crippen LogP contribution is -2.21. The van der Waals surface area contributed by atoms with E-state index >= 15 is 0 Å². The molecule has 0 aliphatic carbocycles. The quantitative estimate of drug-likeness (QED) is 0.570. The molecule has 2 amide bonds. The lowest BCUT2D eigenvalue weighted by Gasteiger charge is -2.14. The van der Waals surface area contributed by atoms with E-state index in [2.05, 4.69) is 10.6 Å². The Morgan fingerprint density at radius 1 is 0.871 bits per heavy atom. The molecular formula is C24H24FN3O3. The number of para-hydroxylation sites is 1. The van der Waals surface area contributed by atoms with Crippen LogP contribution in [0.15, 0.2) is 72.8 Å². The second-order valence-electron chi connectivity index (χ2n) is 7.15. The summed E-state index contributed by atoms with van der Waals surface area (Å²) in [6.45, 7) is 1.17. The highest BCUT2D eigenvalue weighted by Crippen LogP contribution is 2.21. The minimum absolute atomic E-state index is 0.331. The van der Waals surface area contributed by atoms with Crippen LogP contribution in [0, 0.1) is 5.82 Å². The highest BCUT2D eigenvalue weighted by atomic mass is 19.1. The Labute approximate surface area is 180 Å². The van der Waals surface area contributed by atoms with Gasteiger partial charge in [0.1, 0.15) is 18.2 Å². The number of likely N-dealkylation sites (N-methyl/N-ethyl adjacent to an activating group) is 1. The van der Waals surface area contributed by atoms with Crippen LogP contribution in [0.25, 0.3) is 0 Å². The van der Waals surface area contributed by atoms with Gasteiger partial charge in [-0.1, -0.05) is 24.3 Å². The number of carbonyl (C=O) groups is 2. The van der Waals surface area contributed by atoms with E-state index in [0.717, 1.165) is 6.54 Å². The van der Waals surface area contributed by atoms with Crippen molar-refractivity contribution in [2.45, 2.75) is 0 Å². The normalized spacial score (nSPS) is 10.6. The molecule has 31 heavy (non-hydrogen) atoms. The van der Waals surface area contributed by atoms with E-state index in [1.807, 2.05) is 19.0 Å². The largest absolute Gasteiger partial charge is 0.491 e. The number of halogens is 1. The van der Waals surface area contributed by atoms with Crippen molar-refractivity contribution in [1.29, 1.82) is 0 Å². The molecule has 7 heteroatoms. The number of nitrogens with zero attached hydrogens (tertiary/aromatic N) is 1. The Balaban J connectivity index is 1.69. The van der Waals surface area contributed by atoms with E-state index in [1.165, 1.54) is 18.2 Å². The molecule has 0 saturated heterocycles. The summed E-state index contributed by atoms with van der Waals surface area (Å²) in [5.74, 6) is -0.704. The maximum absolute atomic E-state index is 13.3. The number of anilines is 2. The zero-order chi connectivity index (χ0) is 22.2. The summed E-state index contributed by atoms with van der Waals surface area (Å²) in [6, 6.07) is 19.2. The van der Waals surface area contributed by atoms with E-state index in [0.29, 0.717) is 34.9 Å². The Morgan fingerprint density at radius 2 is 1.55 bits per heavy atom. The van der Waals surface area contributed by atoms with Crippen LogP contribution in [-0.2, 0) is 0 Å². The van der Waals surface area contributed by atoms with Crippen LogP contribution in [0.5, 0.6) is 5.75 Å². The molecule has 0 saturated carbocycles. The van der Waals surface area contributed by atoms with Crippen molar-refractivity contribution in [2.24, 2.45) is 0 Å². The van der Waals surface area contributed by atoms with Gasteiger partial charge >= 0.3 is 0 Å². The number of ether oxygens (including phenoxy) is 1. The number of rotatable bonds is 8. The topological polar surface area (TPSA) is 70.7 Å². The average Bonchev–Trinajstić information content (AvgIpc) is 2.74. The summed E-state index contributed by atoms with van der Waals surface area (Å²) in [7, 11) is 3.89. The molecular weight excluding hydrogens is 397 g/mol. The Morgan fingerprint density at radius 3 is 2.29 bits per heavy atom. The fraction of sp³-hybridized carbons (Fsp3) is 0.167. The van der Waals surface area contributed by atoms with Gasteiger partial charge in [-0.15, -0.1) is 0 Å². The number of hydrogen-bond acceptors (Lipinski definition) is 4. The third-order valence-electron chi connectivity index (χ3n) is 4.39. The molecule has 0 atom stereocenters. The summed E-state index contributed by atoms with van der Waals surface area (Å²) < 4.78 is 19.1. The van der Waals surface area contributed by atoms with Gasteiger partial charge in [0.15, 0.2) is 0 Å². The second-order valence-corrected chi connectivity index (χ2v) is 7.15. The van der Waals surface area contributed by atoms with Gasteiger partial charge in [-0.3, -0.25) is 9.59 Å². The van der Waals surface area contributed by atoms with Gasteiger partial charge in [0.05, 0.1) is 5.56 Å². The molecule has 0 spiro atoms. The Kier molecular flexibility index (Phi) is 7.35. The van der Waals surface area contributed by atoms with Gasteiger partial charge in [-0.05, 0) is 62.6 Å². The zero-order valence-corrected chi connectivity index (χ0v) is 17.4. The van der Waals surface area contributed by atoms with Crippen LogP contribution in [0.1, 0.15) is 20.7 Å². The van der Waals surface area contributed by atoms with Gasteiger partial charge in [0.25, 0.3) is 11.8 Å². The third kappa shape index (κ3) is 6.38. The van der Waals surface area contributed by atoms with Crippen molar-refractivity contribution in [3.63, 3.8) is 0 Å². The van der Waals surface area contributed by atoms with E-state index in [-0.39, 0.29) is 5.91 Å². The Bertz CT molecular complexity index is 1070. The fourth-order valence-electron chi connectivity index (χ4n) is 2.82. The molecule has 0 bridgehead atoms. The first-order valence-corrected chi connectivity index (χ1v) is 9.77. The molecule has 0 unspecified atom stereocenters. The monoisotopic (exact) mass is 421 g/mol. The first-order valence-electron chi connectivity index (χ1n) is 9.77. The van der Waals surface area contributed by atoms with Crippen molar-refractivity contribution in [1.82, 2.24) is 4.90 Å². The molecule has 160 valence electrons. The SMILES string of the molecule is CN(C)CCOc1ccccc1C(=O)Nc1cccc(C(=O)Nc2cccc(F)c2)c1. The standard InChI is InChI=1S/C24H24FN3O3/c1-28(2)13-14-31-22-12-4-3-11-21(22)24(30)27-19-9-5-7-17(15-19)23(29)26-20-10-6-8-18(25)16-20/h3-12,15-16H,13-14H2,1-2H3,(H,26,29)(H,27,30). The van der Waals surface area contributed by atoms with Gasteiger partial charge in [-0.25, -0.2) is 4.39 Å². The zero-order valence-electron chi connectivity index (χ0n) is 17.4. The van der Waals surface area contributed by atoms with Gasteiger partial charge < -0.3 is 20.3 Å². The van der Waals surface area contributed by atoms with Crippen molar-refractivity contribution in [3.05, 3.63) is 89.7 Å². The van der Waals surface area contributed by atoms with Crippen LogP contribution in [0.2, 0.25) is 0 Å². The van der Waals surface area contributed by atoms with E-state index in [4.69, 9.17) is 4.74 Å². The third-order valence-corrected chi connectivity index (χ3v) is 4.39. The van der Waals surface area contributed by atoms with Gasteiger partial charge in [0, 0.05) is 23.5 Å². The number of amides is 2. The lowest BCUT2D eigenvalue weighted by atomic mass is 10.1. The molecule has 0 fully saturated rings.